The average Bonchev–Trinajstić information content (AvgIpc) is 3.12. The van der Waals surface area contributed by atoms with Crippen molar-refractivity contribution in [3.05, 3.63) is 30.1 Å². The van der Waals surface area contributed by atoms with Gasteiger partial charge in [0.05, 0.1) is 23.8 Å². The average molecular weight is 395 g/mol. The third-order valence-electron chi connectivity index (χ3n) is 5.08. The monoisotopic (exact) mass is 395 g/mol. The number of amides is 2. The standard InChI is InChI=1S/C18H25N3O5S/c1-27(24,25)8-5-17(22)21-12-14(9-16-15(21)4-7-26-16)18(23)20-11-13-3-2-6-19-10-13/h2-3,6,10,14-16H,4-5,7-9,11-12H2,1H3,(H,20,23)/t14-,15-,16-/m1/s1. The molecule has 2 amide bonds. The van der Waals surface area contributed by atoms with Gasteiger partial charge in [-0.15, -0.1) is 0 Å². The van der Waals surface area contributed by atoms with Crippen molar-refractivity contribution in [1.82, 2.24) is 15.2 Å². The van der Waals surface area contributed by atoms with Gasteiger partial charge in [-0.1, -0.05) is 6.07 Å². The molecule has 9 heteroatoms. The zero-order valence-electron chi connectivity index (χ0n) is 15.3. The third kappa shape index (κ3) is 5.26. The van der Waals surface area contributed by atoms with Crippen molar-refractivity contribution in [2.24, 2.45) is 5.92 Å². The van der Waals surface area contributed by atoms with Crippen molar-refractivity contribution in [3.8, 4) is 0 Å². The zero-order chi connectivity index (χ0) is 19.4. The van der Waals surface area contributed by atoms with Gasteiger partial charge >= 0.3 is 0 Å². The number of rotatable bonds is 6. The lowest BCUT2D eigenvalue weighted by Crippen LogP contribution is -2.55. The first kappa shape index (κ1) is 19.8. The van der Waals surface area contributed by atoms with Crippen molar-refractivity contribution in [3.63, 3.8) is 0 Å². The Labute approximate surface area is 159 Å². The molecule has 148 valence electrons. The van der Waals surface area contributed by atoms with Gasteiger partial charge in [-0.2, -0.15) is 0 Å². The molecule has 27 heavy (non-hydrogen) atoms. The first-order valence-electron chi connectivity index (χ1n) is 9.09. The minimum absolute atomic E-state index is 0.0634. The van der Waals surface area contributed by atoms with Crippen molar-refractivity contribution in [2.45, 2.75) is 38.0 Å². The highest BCUT2D eigenvalue weighted by Crippen LogP contribution is 2.32. The van der Waals surface area contributed by atoms with Gasteiger partial charge < -0.3 is 15.0 Å². The zero-order valence-corrected chi connectivity index (χ0v) is 16.2. The number of carbonyl (C=O) groups is 2. The van der Waals surface area contributed by atoms with E-state index in [-0.39, 0.29) is 42.1 Å². The molecule has 8 nitrogen and oxygen atoms in total. The SMILES string of the molecule is CS(=O)(=O)CCC(=O)N1C[C@H](C(=O)NCc2cccnc2)C[C@H]2OCC[C@H]21. The highest BCUT2D eigenvalue weighted by molar-refractivity contribution is 7.90. The lowest BCUT2D eigenvalue weighted by Gasteiger charge is -2.40. The number of aromatic nitrogens is 1. The number of piperidine rings is 1. The van der Waals surface area contributed by atoms with Gasteiger partial charge in [0.2, 0.25) is 11.8 Å². The Balaban J connectivity index is 1.62. The maximum absolute atomic E-state index is 12.6. The summed E-state index contributed by atoms with van der Waals surface area (Å²) in [5, 5.41) is 2.90. The Morgan fingerprint density at radius 2 is 2.22 bits per heavy atom. The van der Waals surface area contributed by atoms with E-state index in [0.717, 1.165) is 18.2 Å². The van der Waals surface area contributed by atoms with Crippen molar-refractivity contribution >= 4 is 21.7 Å². The fraction of sp³-hybridized carbons (Fsp3) is 0.611. The van der Waals surface area contributed by atoms with Gasteiger partial charge in [-0.05, 0) is 24.5 Å². The number of likely N-dealkylation sites (tertiary alicyclic amines) is 1. The van der Waals surface area contributed by atoms with Crippen LogP contribution in [0.1, 0.15) is 24.8 Å². The summed E-state index contributed by atoms with van der Waals surface area (Å²) in [5.74, 6) is -0.916. The summed E-state index contributed by atoms with van der Waals surface area (Å²) in [6.07, 6.45) is 5.54. The molecule has 0 saturated carbocycles. The van der Waals surface area contributed by atoms with Crippen LogP contribution in [0.4, 0.5) is 0 Å². The smallest absolute Gasteiger partial charge is 0.225 e. The Morgan fingerprint density at radius 1 is 1.41 bits per heavy atom. The Kier molecular flexibility index (Phi) is 6.11. The van der Waals surface area contributed by atoms with Crippen LogP contribution in [0.25, 0.3) is 0 Å². The van der Waals surface area contributed by atoms with E-state index in [2.05, 4.69) is 10.3 Å². The molecule has 0 spiro atoms. The molecule has 1 aromatic rings. The molecule has 3 rings (SSSR count). The van der Waals surface area contributed by atoms with Crippen LogP contribution in [0.3, 0.4) is 0 Å². The number of nitrogens with zero attached hydrogens (tertiary/aromatic N) is 2. The van der Waals surface area contributed by atoms with Gasteiger partial charge in [0.25, 0.3) is 0 Å². The van der Waals surface area contributed by atoms with Gasteiger partial charge in [-0.25, -0.2) is 8.42 Å². The lowest BCUT2D eigenvalue weighted by atomic mass is 9.89. The number of pyridine rings is 1. The Morgan fingerprint density at radius 3 is 2.93 bits per heavy atom. The second-order valence-corrected chi connectivity index (χ2v) is 9.46. The molecule has 2 aliphatic rings. The molecule has 0 aliphatic carbocycles. The van der Waals surface area contributed by atoms with Crippen LogP contribution < -0.4 is 5.32 Å². The van der Waals surface area contributed by atoms with E-state index in [0.29, 0.717) is 26.1 Å². The molecule has 3 heterocycles. The lowest BCUT2D eigenvalue weighted by molar-refractivity contribution is -0.142. The predicted octanol–water partition coefficient (Wildman–Crippen LogP) is 0.139. The number of sulfone groups is 1. The first-order valence-corrected chi connectivity index (χ1v) is 11.1. The number of hydrogen-bond donors (Lipinski definition) is 1. The second kappa shape index (κ2) is 8.35. The van der Waals surface area contributed by atoms with Crippen molar-refractivity contribution in [2.75, 3.05) is 25.2 Å². The maximum atomic E-state index is 12.6. The minimum Gasteiger partial charge on any atom is -0.376 e. The van der Waals surface area contributed by atoms with Crippen molar-refractivity contribution in [1.29, 1.82) is 0 Å². The predicted molar refractivity (Wildman–Crippen MR) is 98.4 cm³/mol. The van der Waals surface area contributed by atoms with Gasteiger partial charge in [0, 0.05) is 44.8 Å². The van der Waals surface area contributed by atoms with Crippen LogP contribution in [-0.2, 0) is 30.7 Å². The van der Waals surface area contributed by atoms with Crippen LogP contribution in [0.5, 0.6) is 0 Å². The molecular weight excluding hydrogens is 370 g/mol. The normalized spacial score (nSPS) is 25.1. The molecule has 3 atom stereocenters. The van der Waals surface area contributed by atoms with Crippen molar-refractivity contribution < 1.29 is 22.7 Å². The second-order valence-electron chi connectivity index (χ2n) is 7.20. The van der Waals surface area contributed by atoms with E-state index >= 15 is 0 Å². The number of nitrogens with one attached hydrogen (secondary N) is 1. The van der Waals surface area contributed by atoms with Gasteiger partial charge in [-0.3, -0.25) is 14.6 Å². The van der Waals surface area contributed by atoms with E-state index in [9.17, 15) is 18.0 Å². The van der Waals surface area contributed by atoms with E-state index in [1.54, 1.807) is 23.4 Å². The Hall–Kier alpha value is -2.00. The van der Waals surface area contributed by atoms with Gasteiger partial charge in [0.15, 0.2) is 0 Å². The summed E-state index contributed by atoms with van der Waals surface area (Å²) in [6.45, 7) is 1.22. The number of hydrogen-bond acceptors (Lipinski definition) is 6. The summed E-state index contributed by atoms with van der Waals surface area (Å²) in [4.78, 5) is 30.9. The summed E-state index contributed by atoms with van der Waals surface area (Å²) in [6, 6.07) is 3.62. The minimum atomic E-state index is -3.21. The van der Waals surface area contributed by atoms with Crippen LogP contribution in [-0.4, -0.2) is 67.4 Å². The highest BCUT2D eigenvalue weighted by Gasteiger charge is 2.44. The highest BCUT2D eigenvalue weighted by atomic mass is 32.2. The van der Waals surface area contributed by atoms with E-state index in [4.69, 9.17) is 4.74 Å². The van der Waals surface area contributed by atoms with E-state index in [1.165, 1.54) is 0 Å². The summed E-state index contributed by atoms with van der Waals surface area (Å²) in [5.41, 5.74) is 0.901. The molecule has 0 radical (unpaired) electrons. The first-order chi connectivity index (χ1) is 12.8. The molecule has 0 unspecified atom stereocenters. The quantitative estimate of drug-likeness (QED) is 0.734. The summed E-state index contributed by atoms with van der Waals surface area (Å²) >= 11 is 0. The molecule has 2 fully saturated rings. The number of carbonyl (C=O) groups excluding carboxylic acids is 2. The molecule has 2 aliphatic heterocycles. The fourth-order valence-corrected chi connectivity index (χ4v) is 4.22. The van der Waals surface area contributed by atoms with Crippen LogP contribution in [0, 0.1) is 5.92 Å². The molecule has 1 N–H and O–H groups in total. The molecular formula is C18H25N3O5S. The molecule has 0 bridgehead atoms. The van der Waals surface area contributed by atoms with Crippen LogP contribution >= 0.6 is 0 Å². The third-order valence-corrected chi connectivity index (χ3v) is 6.02. The fourth-order valence-electron chi connectivity index (χ4n) is 3.68. The maximum Gasteiger partial charge on any atom is 0.225 e. The van der Waals surface area contributed by atoms with E-state index in [1.807, 2.05) is 6.07 Å². The number of ether oxygens (including phenoxy) is 1. The molecule has 2 saturated heterocycles. The van der Waals surface area contributed by atoms with Crippen LogP contribution in [0.15, 0.2) is 24.5 Å². The van der Waals surface area contributed by atoms with Crippen LogP contribution in [0.2, 0.25) is 0 Å². The van der Waals surface area contributed by atoms with E-state index < -0.39 is 9.84 Å². The largest absolute Gasteiger partial charge is 0.376 e. The van der Waals surface area contributed by atoms with Gasteiger partial charge in [0.1, 0.15) is 9.84 Å². The summed E-state index contributed by atoms with van der Waals surface area (Å²) in [7, 11) is -3.21. The molecule has 0 aromatic carbocycles. The Bertz CT molecular complexity index is 783. The number of fused-ring (bicyclic) bond motifs is 1. The molecule has 1 aromatic heterocycles. The topological polar surface area (TPSA) is 106 Å². The summed E-state index contributed by atoms with van der Waals surface area (Å²) < 4.78 is 28.5.